The Morgan fingerprint density at radius 1 is 1.21 bits per heavy atom. The lowest BCUT2D eigenvalue weighted by molar-refractivity contribution is -0.149. The van der Waals surface area contributed by atoms with Gasteiger partial charge in [-0.25, -0.2) is 13.2 Å². The average molecular weight is 405 g/mol. The first-order valence-corrected chi connectivity index (χ1v) is 9.95. The summed E-state index contributed by atoms with van der Waals surface area (Å²) in [5, 5.41) is 2.64. The molecular formula is C18H19N3O6S. The van der Waals surface area contributed by atoms with E-state index in [2.05, 4.69) is 15.0 Å². The van der Waals surface area contributed by atoms with Gasteiger partial charge in [0.25, 0.3) is 15.9 Å². The van der Waals surface area contributed by atoms with E-state index in [1.807, 2.05) is 0 Å². The molecule has 2 N–H and O–H groups in total. The van der Waals surface area contributed by atoms with Gasteiger partial charge in [0.15, 0.2) is 6.61 Å². The van der Waals surface area contributed by atoms with Gasteiger partial charge in [-0.05, 0) is 38.1 Å². The second-order valence-corrected chi connectivity index (χ2v) is 7.82. The number of furan rings is 1. The van der Waals surface area contributed by atoms with Crippen LogP contribution in [-0.2, 0) is 24.3 Å². The Labute approximate surface area is 161 Å². The summed E-state index contributed by atoms with van der Waals surface area (Å²) in [7, 11) is -3.69. The van der Waals surface area contributed by atoms with Crippen molar-refractivity contribution in [1.82, 2.24) is 10.0 Å². The molecule has 9 nitrogen and oxygen atoms in total. The predicted octanol–water partition coefficient (Wildman–Crippen LogP) is 1.13. The monoisotopic (exact) mass is 405 g/mol. The van der Waals surface area contributed by atoms with E-state index in [1.165, 1.54) is 19.3 Å². The minimum Gasteiger partial charge on any atom is -0.467 e. The van der Waals surface area contributed by atoms with Gasteiger partial charge < -0.3 is 14.5 Å². The van der Waals surface area contributed by atoms with Gasteiger partial charge in [-0.2, -0.15) is 0 Å². The number of carbonyl (C=O) groups is 2. The van der Waals surface area contributed by atoms with Gasteiger partial charge in [0.2, 0.25) is 0 Å². The molecular weight excluding hydrogens is 386 g/mol. The van der Waals surface area contributed by atoms with Crippen molar-refractivity contribution >= 4 is 27.7 Å². The van der Waals surface area contributed by atoms with E-state index in [1.54, 1.807) is 37.3 Å². The molecule has 0 aliphatic carbocycles. The number of esters is 1. The third kappa shape index (κ3) is 4.22. The van der Waals surface area contributed by atoms with Crippen LogP contribution in [0.3, 0.4) is 0 Å². The molecule has 0 radical (unpaired) electrons. The Morgan fingerprint density at radius 3 is 2.68 bits per heavy atom. The van der Waals surface area contributed by atoms with Crippen LogP contribution in [0.4, 0.5) is 0 Å². The van der Waals surface area contributed by atoms with Crippen LogP contribution in [0.2, 0.25) is 0 Å². The number of fused-ring (bicyclic) bond motifs is 1. The summed E-state index contributed by atoms with van der Waals surface area (Å²) < 4.78 is 36.6. The van der Waals surface area contributed by atoms with E-state index in [0.717, 1.165) is 0 Å². The summed E-state index contributed by atoms with van der Waals surface area (Å²) in [6, 6.07) is 8.36. The molecule has 0 saturated carbocycles. The minimum atomic E-state index is -3.69. The first-order chi connectivity index (χ1) is 13.3. The molecule has 3 rings (SSSR count). The largest absolute Gasteiger partial charge is 0.467 e. The molecule has 0 bridgehead atoms. The average Bonchev–Trinajstić information content (AvgIpc) is 3.27. The number of nitrogens with zero attached hydrogens (tertiary/aromatic N) is 1. The molecule has 1 aromatic carbocycles. The first-order valence-electron chi connectivity index (χ1n) is 8.47. The van der Waals surface area contributed by atoms with Crippen molar-refractivity contribution in [1.29, 1.82) is 0 Å². The topological polar surface area (TPSA) is 127 Å². The Balaban J connectivity index is 1.58. The number of amidine groups is 1. The maximum Gasteiger partial charge on any atom is 0.331 e. The van der Waals surface area contributed by atoms with Crippen LogP contribution in [0.5, 0.6) is 0 Å². The number of benzene rings is 1. The number of amides is 1. The highest BCUT2D eigenvalue weighted by Crippen LogP contribution is 2.22. The van der Waals surface area contributed by atoms with Crippen molar-refractivity contribution in [2.75, 3.05) is 6.61 Å². The number of rotatable bonds is 6. The Kier molecular flexibility index (Phi) is 5.50. The fourth-order valence-corrected chi connectivity index (χ4v) is 3.86. The highest BCUT2D eigenvalue weighted by atomic mass is 32.2. The van der Waals surface area contributed by atoms with Crippen LogP contribution in [0.1, 0.15) is 31.2 Å². The van der Waals surface area contributed by atoms with Crippen molar-refractivity contribution in [3.05, 3.63) is 54.0 Å². The molecule has 2 heterocycles. The van der Waals surface area contributed by atoms with Crippen LogP contribution in [-0.4, -0.2) is 38.8 Å². The molecule has 1 aromatic heterocycles. The Hall–Kier alpha value is -3.14. The van der Waals surface area contributed by atoms with Crippen molar-refractivity contribution in [2.45, 2.75) is 30.8 Å². The molecule has 1 aliphatic heterocycles. The Bertz CT molecular complexity index is 1010. The maximum atomic E-state index is 12.1. The summed E-state index contributed by atoms with van der Waals surface area (Å²) in [5.74, 6) is -0.608. The van der Waals surface area contributed by atoms with E-state index in [4.69, 9.17) is 9.15 Å². The third-order valence-corrected chi connectivity index (χ3v) is 5.42. The van der Waals surface area contributed by atoms with Gasteiger partial charge in [0, 0.05) is 5.56 Å². The molecule has 10 heteroatoms. The van der Waals surface area contributed by atoms with Crippen LogP contribution >= 0.6 is 0 Å². The van der Waals surface area contributed by atoms with Crippen molar-refractivity contribution in [3.63, 3.8) is 0 Å². The Morgan fingerprint density at radius 2 is 1.96 bits per heavy atom. The summed E-state index contributed by atoms with van der Waals surface area (Å²) in [4.78, 5) is 28.2. The lowest BCUT2D eigenvalue weighted by Gasteiger charge is -2.12. The molecule has 2 atom stereocenters. The highest BCUT2D eigenvalue weighted by molar-refractivity contribution is 7.90. The van der Waals surface area contributed by atoms with Crippen molar-refractivity contribution < 1.29 is 27.2 Å². The minimum absolute atomic E-state index is 0.0657. The van der Waals surface area contributed by atoms with Crippen LogP contribution in [0.25, 0.3) is 0 Å². The molecule has 1 amide bonds. The smallest absolute Gasteiger partial charge is 0.331 e. The van der Waals surface area contributed by atoms with Gasteiger partial charge in [-0.15, -0.1) is 0 Å². The van der Waals surface area contributed by atoms with E-state index in [9.17, 15) is 18.0 Å². The predicted molar refractivity (Wildman–Crippen MR) is 99.0 cm³/mol. The number of carbonyl (C=O) groups excluding carboxylic acids is 2. The summed E-state index contributed by atoms with van der Waals surface area (Å²) in [6.07, 6.45) is 1.49. The molecule has 2 aromatic rings. The summed E-state index contributed by atoms with van der Waals surface area (Å²) in [6.45, 7) is 2.70. The number of aliphatic imine (C=N–C) groups is 1. The molecule has 28 heavy (non-hydrogen) atoms. The standard InChI is InChI=1S/C18H19N3O6S/c1-11(14-7-5-9-26-14)19-16(22)10-27-18(23)12(2)20-17-13-6-3-4-8-15(13)28(24,25)21-17/h3-9,11-12H,10H2,1-2H3,(H,19,22)(H,20,21)/t11-,12-/m0/s1. The second kappa shape index (κ2) is 7.85. The number of sulfonamides is 1. The quantitative estimate of drug-likeness (QED) is 0.694. The van der Waals surface area contributed by atoms with Crippen LogP contribution in [0, 0.1) is 0 Å². The van der Waals surface area contributed by atoms with Crippen LogP contribution < -0.4 is 10.0 Å². The fourth-order valence-electron chi connectivity index (χ4n) is 2.63. The molecule has 148 valence electrons. The molecule has 0 unspecified atom stereocenters. The lowest BCUT2D eigenvalue weighted by Crippen LogP contribution is -2.33. The van der Waals surface area contributed by atoms with Gasteiger partial charge >= 0.3 is 5.97 Å². The number of hydrogen-bond acceptors (Lipinski definition) is 7. The number of ether oxygens (including phenoxy) is 1. The highest BCUT2D eigenvalue weighted by Gasteiger charge is 2.31. The zero-order valence-electron chi connectivity index (χ0n) is 15.2. The van der Waals surface area contributed by atoms with Crippen molar-refractivity contribution in [3.8, 4) is 0 Å². The second-order valence-electron chi connectivity index (χ2n) is 6.17. The third-order valence-electron chi connectivity index (χ3n) is 4.02. The fraction of sp³-hybridized carbons (Fsp3) is 0.278. The summed E-state index contributed by atoms with van der Waals surface area (Å²) in [5.41, 5.74) is 0.382. The molecule has 0 fully saturated rings. The van der Waals surface area contributed by atoms with E-state index >= 15 is 0 Å². The molecule has 1 aliphatic rings. The van der Waals surface area contributed by atoms with E-state index in [-0.39, 0.29) is 16.8 Å². The zero-order valence-corrected chi connectivity index (χ0v) is 16.0. The van der Waals surface area contributed by atoms with Crippen LogP contribution in [0.15, 0.2) is 57.0 Å². The lowest BCUT2D eigenvalue weighted by atomic mass is 10.2. The molecule has 0 spiro atoms. The van der Waals surface area contributed by atoms with E-state index in [0.29, 0.717) is 11.3 Å². The zero-order chi connectivity index (χ0) is 20.3. The molecule has 0 saturated heterocycles. The SMILES string of the molecule is C[C@H](N=C1NS(=O)(=O)c2ccccc21)C(=O)OCC(=O)N[C@@H](C)c1ccco1. The van der Waals surface area contributed by atoms with Crippen molar-refractivity contribution in [2.24, 2.45) is 4.99 Å². The number of nitrogens with one attached hydrogen (secondary N) is 2. The van der Waals surface area contributed by atoms with Gasteiger partial charge in [0.1, 0.15) is 17.6 Å². The summed E-state index contributed by atoms with van der Waals surface area (Å²) >= 11 is 0. The van der Waals surface area contributed by atoms with Gasteiger partial charge in [0.05, 0.1) is 17.2 Å². The van der Waals surface area contributed by atoms with Gasteiger partial charge in [-0.1, -0.05) is 12.1 Å². The first kappa shape index (κ1) is 19.6. The van der Waals surface area contributed by atoms with Gasteiger partial charge in [-0.3, -0.25) is 14.5 Å². The normalized spacial score (nSPS) is 18.0. The van der Waals surface area contributed by atoms with E-state index < -0.39 is 34.5 Å². The maximum absolute atomic E-state index is 12.1. The number of hydrogen-bond donors (Lipinski definition) is 2.